The van der Waals surface area contributed by atoms with Crippen molar-refractivity contribution in [3.05, 3.63) is 24.2 Å². The molecule has 2 heterocycles. The van der Waals surface area contributed by atoms with Gasteiger partial charge in [0.05, 0.1) is 12.5 Å². The van der Waals surface area contributed by atoms with E-state index in [0.29, 0.717) is 12.0 Å². The first-order chi connectivity index (χ1) is 9.76. The topological polar surface area (TPSA) is 52.8 Å². The molecule has 5 nitrogen and oxygen atoms in total. The molecule has 0 spiro atoms. The molecule has 2 aliphatic rings. The van der Waals surface area contributed by atoms with Crippen LogP contribution in [0, 0.1) is 5.92 Å². The minimum atomic E-state index is 0.492. The Morgan fingerprint density at radius 2 is 2.30 bits per heavy atom. The fourth-order valence-corrected chi connectivity index (χ4v) is 2.88. The smallest absolute Gasteiger partial charge is 0.191 e. The van der Waals surface area contributed by atoms with Gasteiger partial charge in [-0.1, -0.05) is 6.92 Å². The lowest BCUT2D eigenvalue weighted by molar-refractivity contribution is 0.315. The fraction of sp³-hybridized carbons (Fsp3) is 0.667. The SMILES string of the molecule is CN=C(NCc1ccoc1)NC1CN(C2CC2)CC1C. The number of nitrogens with zero attached hydrogens (tertiary/aromatic N) is 2. The van der Waals surface area contributed by atoms with E-state index in [2.05, 4.69) is 27.4 Å². The van der Waals surface area contributed by atoms with E-state index >= 15 is 0 Å². The molecule has 5 heteroatoms. The molecular formula is C15H24N4O. The average molecular weight is 276 g/mol. The Balaban J connectivity index is 1.50. The number of nitrogens with one attached hydrogen (secondary N) is 2. The highest BCUT2D eigenvalue weighted by Crippen LogP contribution is 2.31. The van der Waals surface area contributed by atoms with E-state index in [1.807, 2.05) is 13.1 Å². The van der Waals surface area contributed by atoms with E-state index in [1.165, 1.54) is 19.4 Å². The van der Waals surface area contributed by atoms with Crippen molar-refractivity contribution in [2.45, 2.75) is 38.4 Å². The number of guanidine groups is 1. The lowest BCUT2D eigenvalue weighted by atomic mass is 10.1. The summed E-state index contributed by atoms with van der Waals surface area (Å²) >= 11 is 0. The first kappa shape index (κ1) is 13.5. The van der Waals surface area contributed by atoms with Crippen LogP contribution in [0.3, 0.4) is 0 Å². The van der Waals surface area contributed by atoms with E-state index < -0.39 is 0 Å². The fourth-order valence-electron chi connectivity index (χ4n) is 2.88. The Bertz CT molecular complexity index is 452. The van der Waals surface area contributed by atoms with Crippen molar-refractivity contribution in [2.24, 2.45) is 10.9 Å². The van der Waals surface area contributed by atoms with Gasteiger partial charge >= 0.3 is 0 Å². The van der Waals surface area contributed by atoms with Gasteiger partial charge in [0.1, 0.15) is 0 Å². The van der Waals surface area contributed by atoms with Crippen molar-refractivity contribution >= 4 is 5.96 Å². The maximum absolute atomic E-state index is 5.07. The maximum atomic E-state index is 5.07. The van der Waals surface area contributed by atoms with E-state index in [4.69, 9.17) is 4.42 Å². The van der Waals surface area contributed by atoms with Crippen molar-refractivity contribution in [1.29, 1.82) is 0 Å². The molecule has 1 saturated heterocycles. The molecule has 1 aromatic heterocycles. The van der Waals surface area contributed by atoms with Gasteiger partial charge in [-0.3, -0.25) is 9.89 Å². The molecule has 2 atom stereocenters. The standard InChI is InChI=1S/C15H24N4O/c1-11-8-19(13-3-4-13)9-14(11)18-15(16-2)17-7-12-5-6-20-10-12/h5-6,10-11,13-14H,3-4,7-9H2,1-2H3,(H2,16,17,18). The van der Waals surface area contributed by atoms with Crippen LogP contribution >= 0.6 is 0 Å². The Morgan fingerprint density at radius 1 is 1.45 bits per heavy atom. The summed E-state index contributed by atoms with van der Waals surface area (Å²) in [5.41, 5.74) is 1.13. The molecule has 1 aliphatic carbocycles. The van der Waals surface area contributed by atoms with Gasteiger partial charge in [-0.25, -0.2) is 0 Å². The van der Waals surface area contributed by atoms with Crippen LogP contribution in [0.1, 0.15) is 25.3 Å². The molecule has 2 unspecified atom stereocenters. The third-order valence-electron chi connectivity index (χ3n) is 4.29. The van der Waals surface area contributed by atoms with Crippen molar-refractivity contribution in [1.82, 2.24) is 15.5 Å². The van der Waals surface area contributed by atoms with Crippen LogP contribution in [-0.2, 0) is 6.54 Å². The molecule has 1 aliphatic heterocycles. The predicted octanol–water partition coefficient (Wildman–Crippen LogP) is 1.43. The molecule has 0 aromatic carbocycles. The van der Waals surface area contributed by atoms with Crippen molar-refractivity contribution < 1.29 is 4.42 Å². The zero-order valence-electron chi connectivity index (χ0n) is 12.3. The van der Waals surface area contributed by atoms with Gasteiger partial charge in [0.15, 0.2) is 5.96 Å². The Labute approximate surface area is 120 Å². The van der Waals surface area contributed by atoms with Gasteiger partial charge in [0.25, 0.3) is 0 Å². The molecule has 0 amide bonds. The van der Waals surface area contributed by atoms with Gasteiger partial charge in [0.2, 0.25) is 0 Å². The first-order valence-electron chi connectivity index (χ1n) is 7.48. The van der Waals surface area contributed by atoms with E-state index in [-0.39, 0.29) is 0 Å². The molecule has 0 bridgehead atoms. The molecule has 1 saturated carbocycles. The predicted molar refractivity (Wildman–Crippen MR) is 79.6 cm³/mol. The third kappa shape index (κ3) is 3.15. The minimum Gasteiger partial charge on any atom is -0.472 e. The molecule has 0 radical (unpaired) electrons. The van der Waals surface area contributed by atoms with Crippen molar-refractivity contribution in [3.63, 3.8) is 0 Å². The monoisotopic (exact) mass is 276 g/mol. The molecule has 3 rings (SSSR count). The Morgan fingerprint density at radius 3 is 2.95 bits per heavy atom. The zero-order chi connectivity index (χ0) is 13.9. The van der Waals surface area contributed by atoms with E-state index in [1.54, 1.807) is 12.5 Å². The summed E-state index contributed by atoms with van der Waals surface area (Å²) in [5.74, 6) is 1.55. The summed E-state index contributed by atoms with van der Waals surface area (Å²) in [6, 6.07) is 3.31. The zero-order valence-corrected chi connectivity index (χ0v) is 12.3. The van der Waals surface area contributed by atoms with Gasteiger partial charge in [0, 0.05) is 44.3 Å². The Hall–Kier alpha value is -1.49. The summed E-state index contributed by atoms with van der Waals surface area (Å²) in [6.45, 7) is 5.41. The number of rotatable bonds is 4. The molecule has 2 fully saturated rings. The summed E-state index contributed by atoms with van der Waals surface area (Å²) < 4.78 is 5.07. The van der Waals surface area contributed by atoms with Crippen LogP contribution in [0.5, 0.6) is 0 Å². The Kier molecular flexibility index (Phi) is 3.96. The summed E-state index contributed by atoms with van der Waals surface area (Å²) in [7, 11) is 1.82. The van der Waals surface area contributed by atoms with Gasteiger partial charge in [-0.15, -0.1) is 0 Å². The summed E-state index contributed by atoms with van der Waals surface area (Å²) in [5, 5.41) is 6.90. The van der Waals surface area contributed by atoms with Crippen LogP contribution in [0.2, 0.25) is 0 Å². The highest BCUT2D eigenvalue weighted by atomic mass is 16.3. The van der Waals surface area contributed by atoms with Crippen LogP contribution in [0.4, 0.5) is 0 Å². The second-order valence-electron chi connectivity index (χ2n) is 5.97. The highest BCUT2D eigenvalue weighted by molar-refractivity contribution is 5.80. The van der Waals surface area contributed by atoms with Gasteiger partial charge in [-0.2, -0.15) is 0 Å². The second-order valence-corrected chi connectivity index (χ2v) is 5.97. The highest BCUT2D eigenvalue weighted by Gasteiger charge is 2.38. The third-order valence-corrected chi connectivity index (χ3v) is 4.29. The largest absolute Gasteiger partial charge is 0.472 e. The maximum Gasteiger partial charge on any atom is 0.191 e. The number of furan rings is 1. The van der Waals surface area contributed by atoms with E-state index in [9.17, 15) is 0 Å². The van der Waals surface area contributed by atoms with Crippen LogP contribution in [0.15, 0.2) is 28.0 Å². The van der Waals surface area contributed by atoms with E-state index in [0.717, 1.165) is 30.7 Å². The first-order valence-corrected chi connectivity index (χ1v) is 7.48. The van der Waals surface area contributed by atoms with Gasteiger partial charge < -0.3 is 15.1 Å². The lowest BCUT2D eigenvalue weighted by Gasteiger charge is -2.20. The number of hydrogen-bond acceptors (Lipinski definition) is 3. The van der Waals surface area contributed by atoms with Crippen molar-refractivity contribution in [2.75, 3.05) is 20.1 Å². The average Bonchev–Trinajstić information content (AvgIpc) is 3.05. The molecule has 20 heavy (non-hydrogen) atoms. The summed E-state index contributed by atoms with van der Waals surface area (Å²) in [4.78, 5) is 6.93. The lowest BCUT2D eigenvalue weighted by Crippen LogP contribution is -2.46. The second kappa shape index (κ2) is 5.87. The van der Waals surface area contributed by atoms with Crippen LogP contribution in [-0.4, -0.2) is 43.1 Å². The molecule has 1 aromatic rings. The number of aliphatic imine (C=N–C) groups is 1. The van der Waals surface area contributed by atoms with Crippen LogP contribution < -0.4 is 10.6 Å². The van der Waals surface area contributed by atoms with Gasteiger partial charge in [-0.05, 0) is 24.8 Å². The van der Waals surface area contributed by atoms with Crippen LogP contribution in [0.25, 0.3) is 0 Å². The molecule has 2 N–H and O–H groups in total. The minimum absolute atomic E-state index is 0.492. The summed E-state index contributed by atoms with van der Waals surface area (Å²) in [6.07, 6.45) is 6.22. The quantitative estimate of drug-likeness (QED) is 0.645. The number of likely N-dealkylation sites (tertiary alicyclic amines) is 1. The molecular weight excluding hydrogens is 252 g/mol. The molecule has 110 valence electrons. The number of hydrogen-bond donors (Lipinski definition) is 2. The van der Waals surface area contributed by atoms with Crippen molar-refractivity contribution in [3.8, 4) is 0 Å². The normalized spacial score (nSPS) is 27.8.